The van der Waals surface area contributed by atoms with Gasteiger partial charge in [-0.25, -0.2) is 0 Å². The Morgan fingerprint density at radius 3 is 1.15 bits per heavy atom. The van der Waals surface area contributed by atoms with Crippen LogP contribution in [0.3, 0.4) is 0 Å². The van der Waals surface area contributed by atoms with E-state index in [-0.39, 0.29) is 0 Å². The predicted octanol–water partition coefficient (Wildman–Crippen LogP) is 15.7. The summed E-state index contributed by atoms with van der Waals surface area (Å²) in [6.07, 6.45) is 0. The molecule has 0 saturated carbocycles. The quantitative estimate of drug-likeness (QED) is 0.181. The van der Waals surface area contributed by atoms with E-state index in [1.165, 1.54) is 84.9 Å². The van der Waals surface area contributed by atoms with Gasteiger partial charge in [-0.2, -0.15) is 0 Å². The van der Waals surface area contributed by atoms with Gasteiger partial charge < -0.3 is 8.83 Å². The van der Waals surface area contributed by atoms with E-state index in [9.17, 15) is 0 Å². The van der Waals surface area contributed by atoms with Gasteiger partial charge >= 0.3 is 0 Å². The van der Waals surface area contributed by atoms with Gasteiger partial charge in [0.15, 0.2) is 0 Å². The van der Waals surface area contributed by atoms with Crippen LogP contribution in [0.2, 0.25) is 0 Å². The van der Waals surface area contributed by atoms with Gasteiger partial charge in [0.2, 0.25) is 0 Å². The van der Waals surface area contributed by atoms with Gasteiger partial charge in [0.1, 0.15) is 22.3 Å². The lowest BCUT2D eigenvalue weighted by Crippen LogP contribution is -1.82. The summed E-state index contributed by atoms with van der Waals surface area (Å²) in [6.45, 7) is 0. The Balaban J connectivity index is 0.858. The number of hydrogen-bond donors (Lipinski definition) is 0. The Morgan fingerprint density at radius 1 is 0.296 bits per heavy atom. The highest BCUT2D eigenvalue weighted by Gasteiger charge is 2.16. The fraction of sp³-hybridized carbons (Fsp3) is 0. The van der Waals surface area contributed by atoms with Crippen LogP contribution in [0.4, 0.5) is 0 Å². The number of furan rings is 2. The topological polar surface area (TPSA) is 26.3 Å². The lowest BCUT2D eigenvalue weighted by atomic mass is 9.96. The number of fused-ring (bicyclic) bond motifs is 11. The fourth-order valence-electron chi connectivity index (χ4n) is 8.33. The minimum atomic E-state index is 0.924. The highest BCUT2D eigenvalue weighted by Crippen LogP contribution is 2.46. The first kappa shape index (κ1) is 30.0. The van der Waals surface area contributed by atoms with Gasteiger partial charge in [-0.1, -0.05) is 133 Å². The summed E-state index contributed by atoms with van der Waals surface area (Å²) < 4.78 is 17.7. The average molecular weight is 725 g/mol. The molecule has 0 radical (unpaired) electrons. The van der Waals surface area contributed by atoms with Gasteiger partial charge in [0, 0.05) is 41.7 Å². The van der Waals surface area contributed by atoms with E-state index in [1.54, 1.807) is 0 Å². The van der Waals surface area contributed by atoms with Crippen molar-refractivity contribution in [2.24, 2.45) is 0 Å². The SMILES string of the molecule is c1ccc2c(c1)oc1cccc(-c3ccc(-c4ccc5c(c4)sc4c6ccc(-c7ccc(-c8cccc9oc%10ccccc%10c89)cc7)cc6sc54)cc3)c12. The molecule has 0 aliphatic rings. The molecule has 4 aromatic heterocycles. The number of thiophene rings is 2. The molecule has 2 nitrogen and oxygen atoms in total. The molecule has 54 heavy (non-hydrogen) atoms. The second kappa shape index (κ2) is 11.5. The van der Waals surface area contributed by atoms with Gasteiger partial charge in [-0.3, -0.25) is 0 Å². The fourth-order valence-corrected chi connectivity index (χ4v) is 11.1. The molecule has 0 fully saturated rings. The van der Waals surface area contributed by atoms with Crippen LogP contribution < -0.4 is 0 Å². The molecule has 0 aliphatic carbocycles. The second-order valence-electron chi connectivity index (χ2n) is 14.0. The van der Waals surface area contributed by atoms with Crippen molar-refractivity contribution >= 4 is 96.1 Å². The molecular weight excluding hydrogens is 697 g/mol. The molecule has 0 N–H and O–H groups in total. The normalized spacial score (nSPS) is 12.1. The third-order valence-corrected chi connectivity index (χ3v) is 13.4. The summed E-state index contributed by atoms with van der Waals surface area (Å²) in [4.78, 5) is 0. The van der Waals surface area contributed by atoms with Crippen molar-refractivity contribution in [3.8, 4) is 44.5 Å². The van der Waals surface area contributed by atoms with Crippen LogP contribution in [0.25, 0.3) is 118 Å². The molecule has 8 aromatic carbocycles. The lowest BCUT2D eigenvalue weighted by molar-refractivity contribution is 0.668. The maximum absolute atomic E-state index is 6.16. The number of rotatable bonds is 4. The third-order valence-electron chi connectivity index (χ3n) is 10.9. The van der Waals surface area contributed by atoms with Crippen molar-refractivity contribution in [2.75, 3.05) is 0 Å². The van der Waals surface area contributed by atoms with Gasteiger partial charge in [-0.15, -0.1) is 22.7 Å². The standard InChI is InChI=1S/C50H28O2S2/c1-3-11-41-37(7-1)47-35(9-5-13-43(47)51-41)31-19-15-29(16-20-31)33-23-25-39-45(27-33)53-50-40-26-24-34(28-46(40)54-49(39)50)30-17-21-32(22-18-30)36-10-6-14-44-48(36)38-8-2-4-12-42(38)52-44/h1-28H. The first-order valence-electron chi connectivity index (χ1n) is 18.1. The number of hydrogen-bond acceptors (Lipinski definition) is 4. The van der Waals surface area contributed by atoms with Crippen molar-refractivity contribution < 1.29 is 8.83 Å². The van der Waals surface area contributed by atoms with Crippen LogP contribution in [0.1, 0.15) is 0 Å². The lowest BCUT2D eigenvalue weighted by Gasteiger charge is -2.07. The van der Waals surface area contributed by atoms with E-state index in [0.29, 0.717) is 0 Å². The zero-order valence-electron chi connectivity index (χ0n) is 28.8. The maximum atomic E-state index is 6.16. The summed E-state index contributed by atoms with van der Waals surface area (Å²) in [6, 6.07) is 61.1. The van der Waals surface area contributed by atoms with Gasteiger partial charge in [0.05, 0.1) is 9.40 Å². The van der Waals surface area contributed by atoms with E-state index in [0.717, 1.165) is 33.1 Å². The third kappa shape index (κ3) is 4.51. The maximum Gasteiger partial charge on any atom is 0.136 e. The van der Waals surface area contributed by atoms with Crippen molar-refractivity contribution in [2.45, 2.75) is 0 Å². The molecule has 0 unspecified atom stereocenters. The second-order valence-corrected chi connectivity index (χ2v) is 16.1. The van der Waals surface area contributed by atoms with E-state index >= 15 is 0 Å². The summed E-state index contributed by atoms with van der Waals surface area (Å²) >= 11 is 3.81. The Morgan fingerprint density at radius 2 is 0.685 bits per heavy atom. The van der Waals surface area contributed by atoms with E-state index < -0.39 is 0 Å². The van der Waals surface area contributed by atoms with Crippen LogP contribution in [0.15, 0.2) is 179 Å². The van der Waals surface area contributed by atoms with Crippen LogP contribution >= 0.6 is 22.7 Å². The number of para-hydroxylation sites is 2. The molecule has 0 bridgehead atoms. The average Bonchev–Trinajstić information content (AvgIpc) is 3.99. The van der Waals surface area contributed by atoms with Crippen LogP contribution in [0, 0.1) is 0 Å². The zero-order chi connectivity index (χ0) is 35.3. The first-order valence-corrected chi connectivity index (χ1v) is 19.8. The van der Waals surface area contributed by atoms with Gasteiger partial charge in [-0.05, 0) is 80.9 Å². The summed E-state index contributed by atoms with van der Waals surface area (Å²) in [7, 11) is 0. The Labute approximate surface area is 317 Å². The Kier molecular flexibility index (Phi) is 6.41. The largest absolute Gasteiger partial charge is 0.456 e. The molecule has 252 valence electrons. The Hall–Kier alpha value is -6.46. The zero-order valence-corrected chi connectivity index (χ0v) is 30.4. The minimum absolute atomic E-state index is 0.924. The highest BCUT2D eigenvalue weighted by molar-refractivity contribution is 7.36. The van der Waals surface area contributed by atoms with Crippen molar-refractivity contribution in [3.63, 3.8) is 0 Å². The van der Waals surface area contributed by atoms with E-state index in [4.69, 9.17) is 8.83 Å². The molecular formula is C50H28O2S2. The predicted molar refractivity (Wildman–Crippen MR) is 231 cm³/mol. The molecule has 12 aromatic rings. The molecule has 0 saturated heterocycles. The molecule has 4 heteroatoms. The summed E-state index contributed by atoms with van der Waals surface area (Å²) in [5, 5.41) is 7.33. The molecule has 0 atom stereocenters. The van der Waals surface area contributed by atoms with Gasteiger partial charge in [0.25, 0.3) is 0 Å². The molecule has 0 spiro atoms. The summed E-state index contributed by atoms with van der Waals surface area (Å²) in [5.74, 6) is 0. The molecule has 4 heterocycles. The highest BCUT2D eigenvalue weighted by atomic mass is 32.1. The molecule has 0 amide bonds. The van der Waals surface area contributed by atoms with Crippen LogP contribution in [-0.4, -0.2) is 0 Å². The van der Waals surface area contributed by atoms with Crippen LogP contribution in [-0.2, 0) is 0 Å². The van der Waals surface area contributed by atoms with Crippen molar-refractivity contribution in [1.29, 1.82) is 0 Å². The smallest absolute Gasteiger partial charge is 0.136 e. The van der Waals surface area contributed by atoms with E-state index in [1.807, 2.05) is 46.9 Å². The van der Waals surface area contributed by atoms with E-state index in [2.05, 4.69) is 146 Å². The molecule has 12 rings (SSSR count). The van der Waals surface area contributed by atoms with Crippen molar-refractivity contribution in [1.82, 2.24) is 0 Å². The minimum Gasteiger partial charge on any atom is -0.456 e. The number of benzene rings is 8. The van der Waals surface area contributed by atoms with Crippen molar-refractivity contribution in [3.05, 3.63) is 170 Å². The summed E-state index contributed by atoms with van der Waals surface area (Å²) in [5.41, 5.74) is 13.4. The monoisotopic (exact) mass is 724 g/mol. The molecule has 0 aliphatic heterocycles. The van der Waals surface area contributed by atoms with Crippen LogP contribution in [0.5, 0.6) is 0 Å². The Bertz CT molecular complexity index is 3200. The first-order chi connectivity index (χ1) is 26.7.